The molecule has 1 saturated carbocycles. The van der Waals surface area contributed by atoms with E-state index in [0.29, 0.717) is 12.0 Å². The van der Waals surface area contributed by atoms with Crippen LogP contribution in [-0.4, -0.2) is 25.9 Å². The molecule has 1 saturated heterocycles. The molecule has 2 aliphatic rings. The number of ether oxygens (including phenoxy) is 2. The van der Waals surface area contributed by atoms with Gasteiger partial charge in [0.15, 0.2) is 0 Å². The molecule has 3 rings (SSSR count). The molecular weight excluding hydrogens is 329 g/mol. The molecule has 0 bridgehead atoms. The highest BCUT2D eigenvalue weighted by atomic mass is 19.4. The van der Waals surface area contributed by atoms with Crippen molar-refractivity contribution >= 4 is 0 Å². The van der Waals surface area contributed by atoms with E-state index in [4.69, 9.17) is 9.47 Å². The van der Waals surface area contributed by atoms with Gasteiger partial charge in [-0.2, -0.15) is 13.2 Å². The molecule has 1 aromatic carbocycles. The molecular formula is C20H29F3O2. The predicted octanol–water partition coefficient (Wildman–Crippen LogP) is 5.96. The summed E-state index contributed by atoms with van der Waals surface area (Å²) in [7, 11) is 0. The van der Waals surface area contributed by atoms with Crippen molar-refractivity contribution in [3.8, 4) is 0 Å². The monoisotopic (exact) mass is 358 g/mol. The third-order valence-electron chi connectivity index (χ3n) is 4.77. The fraction of sp³-hybridized carbons (Fsp3) is 0.700. The van der Waals surface area contributed by atoms with E-state index >= 15 is 0 Å². The fourth-order valence-corrected chi connectivity index (χ4v) is 3.30. The van der Waals surface area contributed by atoms with Crippen molar-refractivity contribution < 1.29 is 22.6 Å². The van der Waals surface area contributed by atoms with E-state index in [1.165, 1.54) is 25.0 Å². The number of alkyl halides is 3. The molecule has 0 aromatic heterocycles. The molecule has 1 aromatic rings. The lowest BCUT2D eigenvalue weighted by Crippen LogP contribution is -2.21. The molecule has 2 nitrogen and oxygen atoms in total. The van der Waals surface area contributed by atoms with Gasteiger partial charge in [0.05, 0.1) is 11.7 Å². The van der Waals surface area contributed by atoms with Gasteiger partial charge in [0, 0.05) is 19.8 Å². The van der Waals surface area contributed by atoms with Crippen molar-refractivity contribution in [1.29, 1.82) is 0 Å². The maximum Gasteiger partial charge on any atom is 0.416 e. The minimum atomic E-state index is -4.25. The standard InChI is InChI=1S/C16H21F3O.C4H8O/c1-2-11-20-15-9-5-13(6-10-15)12-3-7-14(8-4-12)16(17,18)19;1-2-4-5-3-1/h3-4,7-8,13,15H,2,5-6,9-11H2,1H3;1-4H2. The van der Waals surface area contributed by atoms with Crippen LogP contribution in [0.5, 0.6) is 0 Å². The van der Waals surface area contributed by atoms with E-state index in [9.17, 15) is 13.2 Å². The summed E-state index contributed by atoms with van der Waals surface area (Å²) in [4.78, 5) is 0. The summed E-state index contributed by atoms with van der Waals surface area (Å²) in [6.45, 7) is 4.89. The number of hydrogen-bond donors (Lipinski definition) is 0. The first-order valence-corrected chi connectivity index (χ1v) is 9.37. The largest absolute Gasteiger partial charge is 0.416 e. The molecule has 0 spiro atoms. The lowest BCUT2D eigenvalue weighted by atomic mass is 9.82. The number of halogens is 3. The van der Waals surface area contributed by atoms with Crippen LogP contribution in [0.3, 0.4) is 0 Å². The number of hydrogen-bond acceptors (Lipinski definition) is 2. The Morgan fingerprint density at radius 1 is 1.00 bits per heavy atom. The summed E-state index contributed by atoms with van der Waals surface area (Å²) in [5.74, 6) is 0.374. The van der Waals surface area contributed by atoms with Crippen LogP contribution < -0.4 is 0 Å². The molecule has 1 aliphatic carbocycles. The van der Waals surface area contributed by atoms with Gasteiger partial charge in [-0.05, 0) is 68.6 Å². The second kappa shape index (κ2) is 10.2. The third kappa shape index (κ3) is 6.98. The van der Waals surface area contributed by atoms with E-state index in [2.05, 4.69) is 6.92 Å². The second-order valence-corrected chi connectivity index (χ2v) is 6.78. The quantitative estimate of drug-likeness (QED) is 0.662. The maximum absolute atomic E-state index is 12.5. The van der Waals surface area contributed by atoms with E-state index in [-0.39, 0.29) is 0 Å². The third-order valence-corrected chi connectivity index (χ3v) is 4.77. The summed E-state index contributed by atoms with van der Waals surface area (Å²) in [6.07, 6.45) is 3.68. The van der Waals surface area contributed by atoms with E-state index in [1.807, 2.05) is 0 Å². The Morgan fingerprint density at radius 2 is 1.60 bits per heavy atom. The van der Waals surface area contributed by atoms with Crippen LogP contribution in [0, 0.1) is 0 Å². The number of benzene rings is 1. The van der Waals surface area contributed by atoms with Gasteiger partial charge in [-0.15, -0.1) is 0 Å². The Balaban J connectivity index is 0.000000386. The molecule has 1 aliphatic heterocycles. The van der Waals surface area contributed by atoms with Gasteiger partial charge >= 0.3 is 6.18 Å². The topological polar surface area (TPSA) is 18.5 Å². The van der Waals surface area contributed by atoms with Crippen molar-refractivity contribution in [2.75, 3.05) is 19.8 Å². The van der Waals surface area contributed by atoms with Gasteiger partial charge in [0.2, 0.25) is 0 Å². The fourth-order valence-electron chi connectivity index (χ4n) is 3.30. The average molecular weight is 358 g/mol. The van der Waals surface area contributed by atoms with Gasteiger partial charge in [0.25, 0.3) is 0 Å². The summed E-state index contributed by atoms with van der Waals surface area (Å²) in [5, 5.41) is 0. The Morgan fingerprint density at radius 3 is 2.04 bits per heavy atom. The van der Waals surface area contributed by atoms with Gasteiger partial charge in [0.1, 0.15) is 0 Å². The first-order chi connectivity index (χ1) is 12.0. The zero-order valence-corrected chi connectivity index (χ0v) is 15.0. The van der Waals surface area contributed by atoms with Crippen LogP contribution in [0.15, 0.2) is 24.3 Å². The van der Waals surface area contributed by atoms with Gasteiger partial charge in [-0.1, -0.05) is 19.1 Å². The summed E-state index contributed by atoms with van der Waals surface area (Å²) in [6, 6.07) is 5.63. The van der Waals surface area contributed by atoms with Crippen LogP contribution >= 0.6 is 0 Å². The van der Waals surface area contributed by atoms with Gasteiger partial charge in [-0.25, -0.2) is 0 Å². The molecule has 1 heterocycles. The molecule has 0 atom stereocenters. The molecule has 0 unspecified atom stereocenters. The Labute approximate surface area is 148 Å². The average Bonchev–Trinajstić information content (AvgIpc) is 3.20. The van der Waals surface area contributed by atoms with Crippen molar-refractivity contribution in [3.05, 3.63) is 35.4 Å². The van der Waals surface area contributed by atoms with E-state index in [1.54, 1.807) is 12.1 Å². The second-order valence-electron chi connectivity index (χ2n) is 6.78. The highest BCUT2D eigenvalue weighted by molar-refractivity contribution is 5.27. The summed E-state index contributed by atoms with van der Waals surface area (Å²) in [5.41, 5.74) is 0.452. The van der Waals surface area contributed by atoms with Crippen LogP contribution in [0.2, 0.25) is 0 Å². The van der Waals surface area contributed by atoms with E-state index in [0.717, 1.165) is 57.5 Å². The lowest BCUT2D eigenvalue weighted by molar-refractivity contribution is -0.137. The Bertz CT molecular complexity index is 465. The molecule has 25 heavy (non-hydrogen) atoms. The lowest BCUT2D eigenvalue weighted by Gasteiger charge is -2.29. The smallest absolute Gasteiger partial charge is 0.381 e. The molecule has 0 N–H and O–H groups in total. The Hall–Kier alpha value is -1.07. The molecule has 0 radical (unpaired) electrons. The highest BCUT2D eigenvalue weighted by Gasteiger charge is 2.30. The van der Waals surface area contributed by atoms with Gasteiger partial charge in [-0.3, -0.25) is 0 Å². The minimum absolute atomic E-state index is 0.334. The molecule has 0 amide bonds. The predicted molar refractivity (Wildman–Crippen MR) is 92.7 cm³/mol. The number of rotatable bonds is 4. The normalized spacial score (nSPS) is 23.8. The van der Waals surface area contributed by atoms with Crippen LogP contribution in [0.25, 0.3) is 0 Å². The highest BCUT2D eigenvalue weighted by Crippen LogP contribution is 2.36. The van der Waals surface area contributed by atoms with Crippen molar-refractivity contribution in [1.82, 2.24) is 0 Å². The van der Waals surface area contributed by atoms with Crippen molar-refractivity contribution in [3.63, 3.8) is 0 Å². The van der Waals surface area contributed by atoms with Crippen LogP contribution in [0.1, 0.15) is 68.9 Å². The van der Waals surface area contributed by atoms with Crippen LogP contribution in [-0.2, 0) is 15.7 Å². The first kappa shape index (κ1) is 20.2. The van der Waals surface area contributed by atoms with E-state index < -0.39 is 11.7 Å². The SMILES string of the molecule is C1CCOC1.CCCOC1CCC(c2ccc(C(F)(F)F)cc2)CC1. The molecule has 2 fully saturated rings. The zero-order chi connectivity index (χ0) is 18.1. The summed E-state index contributed by atoms with van der Waals surface area (Å²) >= 11 is 0. The first-order valence-electron chi connectivity index (χ1n) is 9.37. The Kier molecular flexibility index (Phi) is 8.24. The molecule has 5 heteroatoms. The maximum atomic E-state index is 12.5. The van der Waals surface area contributed by atoms with Crippen molar-refractivity contribution in [2.24, 2.45) is 0 Å². The van der Waals surface area contributed by atoms with Gasteiger partial charge < -0.3 is 9.47 Å². The molecule has 142 valence electrons. The summed E-state index contributed by atoms with van der Waals surface area (Å²) < 4.78 is 48.2. The zero-order valence-electron chi connectivity index (χ0n) is 15.0. The van der Waals surface area contributed by atoms with Crippen LogP contribution in [0.4, 0.5) is 13.2 Å². The van der Waals surface area contributed by atoms with Crippen molar-refractivity contribution in [2.45, 2.75) is 70.1 Å². The minimum Gasteiger partial charge on any atom is -0.381 e.